The molecule has 1 rings (SSSR count). The first-order chi connectivity index (χ1) is 11.7. The van der Waals surface area contributed by atoms with Crippen LogP contribution in [0.5, 0.6) is 0 Å². The molecule has 2 atom stereocenters. The van der Waals surface area contributed by atoms with Gasteiger partial charge in [0.1, 0.15) is 12.1 Å². The van der Waals surface area contributed by atoms with E-state index in [1.54, 1.807) is 27.7 Å². The molecule has 1 aliphatic rings. The number of rotatable bonds is 5. The number of hydrogen-bond donors (Lipinski definition) is 1. The molecule has 0 spiro atoms. The third-order valence-electron chi connectivity index (χ3n) is 3.87. The first-order valence-electron chi connectivity index (χ1n) is 8.27. The van der Waals surface area contributed by atoms with Gasteiger partial charge in [0.15, 0.2) is 0 Å². The molecule has 1 fully saturated rings. The number of nitrogens with one attached hydrogen (secondary N) is 1. The number of likely N-dealkylation sites (N-methyl/N-ethyl adjacent to an activating group) is 1. The quantitative estimate of drug-likeness (QED) is 0.787. The number of carbonyl (C=O) groups is 3. The van der Waals surface area contributed by atoms with E-state index in [1.165, 1.54) is 11.9 Å². The van der Waals surface area contributed by atoms with Gasteiger partial charge >= 0.3 is 12.3 Å². The molecule has 0 radical (unpaired) electrons. The average Bonchev–Trinajstić information content (AvgIpc) is 2.81. The van der Waals surface area contributed by atoms with Gasteiger partial charge in [-0.1, -0.05) is 0 Å². The minimum absolute atomic E-state index is 0.0958. The summed E-state index contributed by atoms with van der Waals surface area (Å²) < 4.78 is 42.4. The van der Waals surface area contributed by atoms with Gasteiger partial charge in [-0.25, -0.2) is 4.79 Å². The third-order valence-corrected chi connectivity index (χ3v) is 3.87. The van der Waals surface area contributed by atoms with Crippen molar-refractivity contribution in [3.8, 4) is 0 Å². The van der Waals surface area contributed by atoms with Crippen LogP contribution in [0.15, 0.2) is 0 Å². The fraction of sp³-hybridized carbons (Fsp3) is 0.812. The van der Waals surface area contributed by atoms with Gasteiger partial charge in [0.05, 0.1) is 5.92 Å². The molecule has 0 aromatic heterocycles. The maximum absolute atomic E-state index is 12.4. The summed E-state index contributed by atoms with van der Waals surface area (Å²) in [5.74, 6) is -2.03. The van der Waals surface area contributed by atoms with Crippen LogP contribution in [0.3, 0.4) is 0 Å². The Labute approximate surface area is 150 Å². The predicted octanol–water partition coefficient (Wildman–Crippen LogP) is 1.77. The van der Waals surface area contributed by atoms with Gasteiger partial charge in [0, 0.05) is 32.6 Å². The van der Waals surface area contributed by atoms with Crippen molar-refractivity contribution < 1.29 is 32.3 Å². The zero-order chi connectivity index (χ0) is 20.3. The average molecular weight is 381 g/mol. The molecule has 0 saturated carbocycles. The summed E-state index contributed by atoms with van der Waals surface area (Å²) in [5, 5.41) is 2.58. The van der Waals surface area contributed by atoms with Crippen LogP contribution in [0, 0.1) is 5.92 Å². The Bertz CT molecular complexity index is 546. The van der Waals surface area contributed by atoms with E-state index in [0.29, 0.717) is 4.90 Å². The highest BCUT2D eigenvalue weighted by molar-refractivity contribution is 5.89. The summed E-state index contributed by atoms with van der Waals surface area (Å²) in [6.07, 6.45) is -5.30. The molecule has 0 aromatic carbocycles. The summed E-state index contributed by atoms with van der Waals surface area (Å²) in [5.41, 5.74) is -0.652. The zero-order valence-electron chi connectivity index (χ0n) is 15.6. The van der Waals surface area contributed by atoms with E-state index >= 15 is 0 Å². The van der Waals surface area contributed by atoms with Gasteiger partial charge in [-0.3, -0.25) is 9.59 Å². The summed E-state index contributed by atoms with van der Waals surface area (Å²) in [7, 11) is 1.52. The molecular formula is C16H26F3N3O4. The van der Waals surface area contributed by atoms with Crippen LogP contribution in [0.25, 0.3) is 0 Å². The summed E-state index contributed by atoms with van der Waals surface area (Å²) in [6, 6.07) is -0.391. The lowest BCUT2D eigenvalue weighted by Crippen LogP contribution is -2.46. The van der Waals surface area contributed by atoms with Crippen LogP contribution in [0.1, 0.15) is 34.1 Å². The zero-order valence-corrected chi connectivity index (χ0v) is 15.6. The fourth-order valence-corrected chi connectivity index (χ4v) is 2.36. The van der Waals surface area contributed by atoms with Gasteiger partial charge in [0.25, 0.3) is 0 Å². The monoisotopic (exact) mass is 381 g/mol. The van der Waals surface area contributed by atoms with E-state index in [4.69, 9.17) is 4.74 Å². The Balaban J connectivity index is 2.49. The lowest BCUT2D eigenvalue weighted by Gasteiger charge is -2.29. The minimum Gasteiger partial charge on any atom is -0.444 e. The number of nitrogens with zero attached hydrogens (tertiary/aromatic N) is 2. The van der Waals surface area contributed by atoms with Gasteiger partial charge in [-0.2, -0.15) is 13.2 Å². The normalized spacial score (nSPS) is 19.3. The van der Waals surface area contributed by atoms with Gasteiger partial charge < -0.3 is 19.9 Å². The summed E-state index contributed by atoms with van der Waals surface area (Å²) in [6.45, 7) is 5.37. The smallest absolute Gasteiger partial charge is 0.410 e. The molecule has 26 heavy (non-hydrogen) atoms. The van der Waals surface area contributed by atoms with Gasteiger partial charge in [-0.05, 0) is 27.7 Å². The van der Waals surface area contributed by atoms with Crippen molar-refractivity contribution in [2.24, 2.45) is 5.92 Å². The summed E-state index contributed by atoms with van der Waals surface area (Å²) in [4.78, 5) is 37.6. The van der Waals surface area contributed by atoms with E-state index in [-0.39, 0.29) is 19.5 Å². The van der Waals surface area contributed by atoms with Crippen LogP contribution in [0.2, 0.25) is 0 Å². The third kappa shape index (κ3) is 7.09. The molecule has 3 amide bonds. The maximum Gasteiger partial charge on any atom is 0.410 e. The molecule has 1 saturated heterocycles. The van der Waals surface area contributed by atoms with Crippen LogP contribution >= 0.6 is 0 Å². The van der Waals surface area contributed by atoms with Crippen LogP contribution < -0.4 is 5.32 Å². The first-order valence-corrected chi connectivity index (χ1v) is 8.27. The Kier molecular flexibility index (Phi) is 6.89. The molecule has 0 unspecified atom stereocenters. The second-order valence-electron chi connectivity index (χ2n) is 7.48. The minimum atomic E-state index is -4.49. The molecule has 0 bridgehead atoms. The van der Waals surface area contributed by atoms with E-state index in [1.807, 2.05) is 0 Å². The van der Waals surface area contributed by atoms with Crippen LogP contribution in [0.4, 0.5) is 18.0 Å². The van der Waals surface area contributed by atoms with Gasteiger partial charge in [-0.15, -0.1) is 0 Å². The number of halogens is 3. The fourth-order valence-electron chi connectivity index (χ4n) is 2.36. The standard InChI is InChI=1S/C16H26F3N3O4/c1-10(21(5)14(25)26-15(2,3)4)7-20-13(24)11-6-12(23)22(8-11)9-16(17,18)19/h10-11H,6-9H2,1-5H3,(H,20,24)/t10-,11-/m1/s1. The van der Waals surface area contributed by atoms with E-state index in [9.17, 15) is 27.6 Å². The molecule has 150 valence electrons. The maximum atomic E-state index is 12.4. The molecule has 1 heterocycles. The van der Waals surface area contributed by atoms with Crippen LogP contribution in [-0.4, -0.2) is 72.2 Å². The SMILES string of the molecule is C[C@H](CNC(=O)[C@@H]1CC(=O)N(CC(F)(F)F)C1)N(C)C(=O)OC(C)(C)C. The number of alkyl halides is 3. The van der Waals surface area contributed by atoms with E-state index in [2.05, 4.69) is 5.32 Å². The highest BCUT2D eigenvalue weighted by Crippen LogP contribution is 2.24. The number of ether oxygens (including phenoxy) is 1. The van der Waals surface area contributed by atoms with Gasteiger partial charge in [0.2, 0.25) is 11.8 Å². The summed E-state index contributed by atoms with van der Waals surface area (Å²) >= 11 is 0. The highest BCUT2D eigenvalue weighted by Gasteiger charge is 2.40. The molecule has 1 aliphatic heterocycles. The molecule has 0 aromatic rings. The van der Waals surface area contributed by atoms with Crippen molar-refractivity contribution >= 4 is 17.9 Å². The van der Waals surface area contributed by atoms with Crippen molar-refractivity contribution in [1.82, 2.24) is 15.1 Å². The van der Waals surface area contributed by atoms with E-state index < -0.39 is 48.2 Å². The molecule has 1 N–H and O–H groups in total. The van der Waals surface area contributed by atoms with Crippen molar-refractivity contribution in [2.45, 2.75) is 51.9 Å². The largest absolute Gasteiger partial charge is 0.444 e. The molecular weight excluding hydrogens is 355 g/mol. The van der Waals surface area contributed by atoms with Crippen molar-refractivity contribution in [3.63, 3.8) is 0 Å². The molecule has 0 aliphatic carbocycles. The van der Waals surface area contributed by atoms with Crippen molar-refractivity contribution in [2.75, 3.05) is 26.7 Å². The molecule has 7 nitrogen and oxygen atoms in total. The number of hydrogen-bond acceptors (Lipinski definition) is 4. The lowest BCUT2D eigenvalue weighted by molar-refractivity contribution is -0.157. The Hall–Kier alpha value is -2.00. The second-order valence-corrected chi connectivity index (χ2v) is 7.48. The highest BCUT2D eigenvalue weighted by atomic mass is 19.4. The van der Waals surface area contributed by atoms with Crippen molar-refractivity contribution in [1.29, 1.82) is 0 Å². The topological polar surface area (TPSA) is 79.0 Å². The second kappa shape index (κ2) is 8.13. The number of likely N-dealkylation sites (tertiary alicyclic amines) is 1. The number of carbonyl (C=O) groups excluding carboxylic acids is 3. The lowest BCUT2D eigenvalue weighted by atomic mass is 10.1. The molecule has 10 heteroatoms. The van der Waals surface area contributed by atoms with Crippen molar-refractivity contribution in [3.05, 3.63) is 0 Å². The van der Waals surface area contributed by atoms with E-state index in [0.717, 1.165) is 0 Å². The predicted molar refractivity (Wildman–Crippen MR) is 87.2 cm³/mol. The Morgan fingerprint density at radius 3 is 2.42 bits per heavy atom. The Morgan fingerprint density at radius 1 is 1.35 bits per heavy atom. The Morgan fingerprint density at radius 2 is 1.92 bits per heavy atom. The van der Waals surface area contributed by atoms with Crippen LogP contribution in [-0.2, 0) is 14.3 Å². The first kappa shape index (κ1) is 22.0. The number of amides is 3.